The van der Waals surface area contributed by atoms with Crippen LogP contribution in [0.15, 0.2) is 22.7 Å². The number of benzene rings is 1. The minimum atomic E-state index is 0.00706. The number of methoxy groups -OCH3 is 1. The van der Waals surface area contributed by atoms with E-state index in [4.69, 9.17) is 9.47 Å². The minimum absolute atomic E-state index is 0.00706. The molecule has 1 fully saturated rings. The molecule has 0 atom stereocenters. The molecular formula is C13H18BrNO2. The van der Waals surface area contributed by atoms with Gasteiger partial charge in [0.15, 0.2) is 0 Å². The normalized spacial score (nSPS) is 16.6. The summed E-state index contributed by atoms with van der Waals surface area (Å²) in [6, 6.07) is 5.80. The van der Waals surface area contributed by atoms with E-state index < -0.39 is 0 Å². The first-order chi connectivity index (χ1) is 8.19. The Morgan fingerprint density at radius 2 is 2.18 bits per heavy atom. The summed E-state index contributed by atoms with van der Waals surface area (Å²) in [5.41, 5.74) is 0.00706. The maximum Gasteiger partial charge on any atom is 0.134 e. The van der Waals surface area contributed by atoms with Gasteiger partial charge in [-0.1, -0.05) is 6.92 Å². The number of nitrogens with one attached hydrogen (secondary N) is 1. The lowest BCUT2D eigenvalue weighted by atomic mass is 10.3. The Morgan fingerprint density at radius 1 is 1.41 bits per heavy atom. The Balaban J connectivity index is 2.03. The fourth-order valence-corrected chi connectivity index (χ4v) is 2.17. The van der Waals surface area contributed by atoms with Crippen LogP contribution in [0.5, 0.6) is 11.5 Å². The molecule has 0 aliphatic heterocycles. The van der Waals surface area contributed by atoms with Crippen molar-refractivity contribution in [2.45, 2.75) is 25.4 Å². The topological polar surface area (TPSA) is 30.5 Å². The van der Waals surface area contributed by atoms with Crippen molar-refractivity contribution in [2.24, 2.45) is 0 Å². The van der Waals surface area contributed by atoms with Crippen LogP contribution >= 0.6 is 15.9 Å². The molecule has 3 nitrogen and oxygen atoms in total. The number of likely N-dealkylation sites (N-methyl/N-ethyl adjacent to an activating group) is 1. The van der Waals surface area contributed by atoms with Crippen LogP contribution in [0.1, 0.15) is 19.8 Å². The average molecular weight is 300 g/mol. The van der Waals surface area contributed by atoms with Gasteiger partial charge in [-0.3, -0.25) is 0 Å². The molecule has 0 amide bonds. The number of rotatable bonds is 6. The van der Waals surface area contributed by atoms with Gasteiger partial charge in [0.1, 0.15) is 17.1 Å². The molecule has 1 N–H and O–H groups in total. The van der Waals surface area contributed by atoms with Gasteiger partial charge in [-0.2, -0.15) is 0 Å². The lowest BCUT2D eigenvalue weighted by Crippen LogP contribution is -2.33. The van der Waals surface area contributed by atoms with Gasteiger partial charge in [0.2, 0.25) is 0 Å². The Bertz CT molecular complexity index is 391. The first-order valence-electron chi connectivity index (χ1n) is 5.92. The molecule has 2 rings (SSSR count). The molecule has 4 heteroatoms. The summed E-state index contributed by atoms with van der Waals surface area (Å²) in [6.07, 6.45) is 2.25. The van der Waals surface area contributed by atoms with Crippen molar-refractivity contribution in [3.8, 4) is 11.5 Å². The average Bonchev–Trinajstić information content (AvgIpc) is 3.10. The molecule has 0 heterocycles. The van der Waals surface area contributed by atoms with Crippen molar-refractivity contribution in [2.75, 3.05) is 20.2 Å². The van der Waals surface area contributed by atoms with E-state index in [0.29, 0.717) is 0 Å². The fraction of sp³-hybridized carbons (Fsp3) is 0.538. The van der Waals surface area contributed by atoms with Crippen molar-refractivity contribution >= 4 is 15.9 Å². The zero-order chi connectivity index (χ0) is 12.3. The van der Waals surface area contributed by atoms with E-state index in [1.165, 1.54) is 0 Å². The predicted molar refractivity (Wildman–Crippen MR) is 71.8 cm³/mol. The Morgan fingerprint density at radius 3 is 2.71 bits per heavy atom. The van der Waals surface area contributed by atoms with Crippen LogP contribution in [-0.2, 0) is 0 Å². The highest BCUT2D eigenvalue weighted by Crippen LogP contribution is 2.42. The van der Waals surface area contributed by atoms with Crippen LogP contribution in [0.25, 0.3) is 0 Å². The minimum Gasteiger partial charge on any atom is -0.497 e. The highest BCUT2D eigenvalue weighted by molar-refractivity contribution is 9.10. The van der Waals surface area contributed by atoms with Crippen molar-refractivity contribution in [3.63, 3.8) is 0 Å². The largest absolute Gasteiger partial charge is 0.497 e. The molecule has 0 aromatic heterocycles. The Labute approximate surface area is 111 Å². The Kier molecular flexibility index (Phi) is 3.94. The van der Waals surface area contributed by atoms with Gasteiger partial charge < -0.3 is 14.8 Å². The van der Waals surface area contributed by atoms with Crippen molar-refractivity contribution < 1.29 is 9.47 Å². The second-order valence-electron chi connectivity index (χ2n) is 4.36. The smallest absolute Gasteiger partial charge is 0.134 e. The van der Waals surface area contributed by atoms with Crippen LogP contribution in [0, 0.1) is 0 Å². The van der Waals surface area contributed by atoms with Gasteiger partial charge in [0.25, 0.3) is 0 Å². The van der Waals surface area contributed by atoms with Gasteiger partial charge in [0, 0.05) is 6.54 Å². The predicted octanol–water partition coefficient (Wildman–Crippen LogP) is 2.98. The summed E-state index contributed by atoms with van der Waals surface area (Å²) in [7, 11) is 1.66. The van der Waals surface area contributed by atoms with Gasteiger partial charge in [0.05, 0.1) is 11.6 Å². The van der Waals surface area contributed by atoms with Crippen LogP contribution in [-0.4, -0.2) is 25.8 Å². The van der Waals surface area contributed by atoms with Crippen LogP contribution in [0.3, 0.4) is 0 Å². The second-order valence-corrected chi connectivity index (χ2v) is 5.22. The number of hydrogen-bond donors (Lipinski definition) is 1. The number of halogens is 1. The second kappa shape index (κ2) is 5.27. The molecule has 1 aromatic rings. The van der Waals surface area contributed by atoms with Crippen LogP contribution in [0.4, 0.5) is 0 Å². The summed E-state index contributed by atoms with van der Waals surface area (Å²) in [4.78, 5) is 0. The first-order valence-corrected chi connectivity index (χ1v) is 6.72. The van der Waals surface area contributed by atoms with E-state index in [0.717, 1.165) is 41.9 Å². The fourth-order valence-electron chi connectivity index (χ4n) is 1.73. The Hall–Kier alpha value is -0.740. The third-order valence-electron chi connectivity index (χ3n) is 2.97. The quantitative estimate of drug-likeness (QED) is 0.876. The van der Waals surface area contributed by atoms with E-state index in [-0.39, 0.29) is 5.60 Å². The van der Waals surface area contributed by atoms with Gasteiger partial charge in [-0.05, 0) is 53.5 Å². The summed E-state index contributed by atoms with van der Waals surface area (Å²) in [5.74, 6) is 1.72. The molecule has 0 bridgehead atoms. The maximum absolute atomic E-state index is 6.08. The molecule has 1 aliphatic carbocycles. The summed E-state index contributed by atoms with van der Waals surface area (Å²) < 4.78 is 12.2. The van der Waals surface area contributed by atoms with Crippen molar-refractivity contribution in [1.29, 1.82) is 0 Å². The lowest BCUT2D eigenvalue weighted by Gasteiger charge is -2.19. The molecule has 1 aliphatic rings. The maximum atomic E-state index is 6.08. The van der Waals surface area contributed by atoms with E-state index in [9.17, 15) is 0 Å². The lowest BCUT2D eigenvalue weighted by molar-refractivity contribution is 0.175. The number of ether oxygens (including phenoxy) is 2. The van der Waals surface area contributed by atoms with E-state index in [1.807, 2.05) is 18.2 Å². The SMILES string of the molecule is CCNCC1(Oc2ccc(OC)cc2Br)CC1. The molecule has 1 aromatic carbocycles. The summed E-state index contributed by atoms with van der Waals surface area (Å²) in [6.45, 7) is 4.01. The van der Waals surface area contributed by atoms with Crippen LogP contribution in [0.2, 0.25) is 0 Å². The van der Waals surface area contributed by atoms with E-state index in [1.54, 1.807) is 7.11 Å². The highest BCUT2D eigenvalue weighted by Gasteiger charge is 2.45. The molecule has 0 saturated heterocycles. The van der Waals surface area contributed by atoms with Crippen molar-refractivity contribution in [3.05, 3.63) is 22.7 Å². The first kappa shape index (κ1) is 12.7. The summed E-state index contributed by atoms with van der Waals surface area (Å²) in [5, 5.41) is 3.35. The third kappa shape index (κ3) is 3.13. The molecule has 17 heavy (non-hydrogen) atoms. The molecule has 0 spiro atoms. The molecule has 0 radical (unpaired) electrons. The zero-order valence-corrected chi connectivity index (χ0v) is 11.8. The van der Waals surface area contributed by atoms with Crippen LogP contribution < -0.4 is 14.8 Å². The zero-order valence-electron chi connectivity index (χ0n) is 10.3. The van der Waals surface area contributed by atoms with E-state index in [2.05, 4.69) is 28.2 Å². The summed E-state index contributed by atoms with van der Waals surface area (Å²) >= 11 is 3.51. The molecule has 1 saturated carbocycles. The van der Waals surface area contributed by atoms with Gasteiger partial charge >= 0.3 is 0 Å². The standard InChI is InChI=1S/C13H18BrNO2/c1-3-15-9-13(6-7-13)17-12-5-4-10(16-2)8-11(12)14/h4-5,8,15H,3,6-7,9H2,1-2H3. The van der Waals surface area contributed by atoms with Crippen molar-refractivity contribution in [1.82, 2.24) is 5.32 Å². The molecular weight excluding hydrogens is 282 g/mol. The van der Waals surface area contributed by atoms with Gasteiger partial charge in [-0.15, -0.1) is 0 Å². The highest BCUT2D eigenvalue weighted by atomic mass is 79.9. The molecule has 0 unspecified atom stereocenters. The number of hydrogen-bond acceptors (Lipinski definition) is 3. The van der Waals surface area contributed by atoms with Gasteiger partial charge in [-0.25, -0.2) is 0 Å². The third-order valence-corrected chi connectivity index (χ3v) is 3.59. The van der Waals surface area contributed by atoms with E-state index >= 15 is 0 Å². The molecule has 94 valence electrons. The monoisotopic (exact) mass is 299 g/mol.